The zero-order chi connectivity index (χ0) is 18.6. The number of carbonyl (C=O) groups excluding carboxylic acids is 1. The highest BCUT2D eigenvalue weighted by Crippen LogP contribution is 2.17. The average molecular weight is 395 g/mol. The van der Waals surface area contributed by atoms with Gasteiger partial charge < -0.3 is 22.8 Å². The van der Waals surface area contributed by atoms with Crippen LogP contribution >= 0.6 is 0 Å². The highest BCUT2D eigenvalue weighted by atomic mass is 28.4. The number of hydrogen-bond donors (Lipinski definition) is 0. The topological polar surface area (TPSA) is 63.2 Å². The maximum atomic E-state index is 11.1. The van der Waals surface area contributed by atoms with Crippen LogP contribution in [0.4, 0.5) is 0 Å². The van der Waals surface area contributed by atoms with Crippen LogP contribution in [0.3, 0.4) is 0 Å². The van der Waals surface area contributed by atoms with E-state index in [0.29, 0.717) is 29.5 Å². The van der Waals surface area contributed by atoms with Gasteiger partial charge >= 0.3 is 14.8 Å². The molecule has 142 valence electrons. The fraction of sp³-hybridized carbons (Fsp3) is 0.800. The molecule has 0 aliphatic carbocycles. The zero-order valence-corrected chi connectivity index (χ0v) is 21.1. The molecule has 0 spiro atoms. The monoisotopic (exact) mass is 394 g/mol. The second kappa shape index (κ2) is 12.1. The molecular weight excluding hydrogens is 360 g/mol. The summed E-state index contributed by atoms with van der Waals surface area (Å²) in [5.41, 5.74) is 0.397. The summed E-state index contributed by atoms with van der Waals surface area (Å²) >= 11 is 0. The van der Waals surface area contributed by atoms with E-state index in [2.05, 4.69) is 6.58 Å². The molecule has 0 aromatic heterocycles. The normalized spacial score (nSPS) is 21.0. The van der Waals surface area contributed by atoms with Crippen molar-refractivity contribution in [2.75, 3.05) is 34.5 Å². The summed E-state index contributed by atoms with van der Waals surface area (Å²) in [5.74, 6) is -0.375. The van der Waals surface area contributed by atoms with Crippen molar-refractivity contribution >= 4 is 35.3 Å². The van der Waals surface area contributed by atoms with Crippen LogP contribution in [0.1, 0.15) is 32.6 Å². The molecular formula is C15H34O6Si3. The number of ether oxygens (including phenoxy) is 2. The summed E-state index contributed by atoms with van der Waals surface area (Å²) in [6.07, 6.45) is 4.70. The fourth-order valence-corrected chi connectivity index (χ4v) is 5.01. The van der Waals surface area contributed by atoms with E-state index in [0.717, 1.165) is 6.61 Å². The minimum Gasteiger partial charge on any atom is -0.462 e. The van der Waals surface area contributed by atoms with Gasteiger partial charge in [0.1, 0.15) is 0 Å². The van der Waals surface area contributed by atoms with Crippen LogP contribution in [0.15, 0.2) is 12.2 Å². The quantitative estimate of drug-likeness (QED) is 0.249. The molecule has 1 saturated heterocycles. The van der Waals surface area contributed by atoms with E-state index in [1.54, 1.807) is 28.3 Å². The van der Waals surface area contributed by atoms with Crippen LogP contribution in [0.25, 0.3) is 0 Å². The molecule has 24 heavy (non-hydrogen) atoms. The second-order valence-corrected chi connectivity index (χ2v) is 15.7. The highest BCUT2D eigenvalue weighted by molar-refractivity contribution is 6.60. The first-order valence-corrected chi connectivity index (χ1v) is 12.3. The van der Waals surface area contributed by atoms with E-state index >= 15 is 0 Å². The van der Waals surface area contributed by atoms with Crippen molar-refractivity contribution in [2.45, 2.75) is 43.5 Å². The predicted octanol–water partition coefficient (Wildman–Crippen LogP) is -0.0546. The van der Waals surface area contributed by atoms with Crippen LogP contribution < -0.4 is 0 Å². The molecule has 0 N–H and O–H groups in total. The van der Waals surface area contributed by atoms with Gasteiger partial charge in [0, 0.05) is 64.9 Å². The Kier molecular flexibility index (Phi) is 12.0. The summed E-state index contributed by atoms with van der Waals surface area (Å²) in [6.45, 7) is 6.45. The van der Waals surface area contributed by atoms with Crippen LogP contribution in [0.2, 0.25) is 6.04 Å². The van der Waals surface area contributed by atoms with Gasteiger partial charge in [-0.2, -0.15) is 0 Å². The Morgan fingerprint density at radius 3 is 2.12 bits per heavy atom. The largest absolute Gasteiger partial charge is 0.500 e. The third-order valence-electron chi connectivity index (χ3n) is 3.81. The summed E-state index contributed by atoms with van der Waals surface area (Å²) in [5, 5.41) is 0. The van der Waals surface area contributed by atoms with Gasteiger partial charge in [-0.3, -0.25) is 0 Å². The summed E-state index contributed by atoms with van der Waals surface area (Å²) in [4.78, 5) is 11.5. The molecule has 0 saturated carbocycles. The standard InChI is InChI=1S/C10H20O5Si.C5H14OSi2/c1-9(2)10(11)15-7-6-8-16(12-3,13-4)14-5;7-5(8)3-1-2-4-6-5/h1,6-8H2,2-5H3;1-4H2,7-8H3. The van der Waals surface area contributed by atoms with Crippen molar-refractivity contribution in [3.63, 3.8) is 0 Å². The lowest BCUT2D eigenvalue weighted by Crippen LogP contribution is -2.42. The Bertz CT molecular complexity index is 369. The zero-order valence-electron chi connectivity index (χ0n) is 16.1. The van der Waals surface area contributed by atoms with Crippen LogP contribution in [0.5, 0.6) is 0 Å². The Hall–Kier alpha value is -0.299. The van der Waals surface area contributed by atoms with Crippen molar-refractivity contribution < 1.29 is 27.5 Å². The number of carbonyl (C=O) groups is 1. The van der Waals surface area contributed by atoms with E-state index in [-0.39, 0.29) is 5.97 Å². The Morgan fingerprint density at radius 1 is 1.21 bits per heavy atom. The molecule has 1 heterocycles. The molecule has 9 heteroatoms. The molecule has 1 aliphatic rings. The molecule has 0 unspecified atom stereocenters. The lowest BCUT2D eigenvalue weighted by Gasteiger charge is -2.29. The van der Waals surface area contributed by atoms with Crippen molar-refractivity contribution in [2.24, 2.45) is 0 Å². The Labute approximate surface area is 153 Å². The summed E-state index contributed by atoms with van der Waals surface area (Å²) in [6, 6.07) is 0.611. The van der Waals surface area contributed by atoms with E-state index in [4.69, 9.17) is 22.8 Å². The lowest BCUT2D eigenvalue weighted by molar-refractivity contribution is -0.139. The van der Waals surface area contributed by atoms with Gasteiger partial charge in [-0.05, 0) is 32.6 Å². The lowest BCUT2D eigenvalue weighted by atomic mass is 10.2. The van der Waals surface area contributed by atoms with Gasteiger partial charge in [0.25, 0.3) is 0 Å². The number of rotatable bonds is 8. The third kappa shape index (κ3) is 9.87. The first-order valence-electron chi connectivity index (χ1n) is 8.34. The molecule has 0 radical (unpaired) electrons. The molecule has 0 amide bonds. The van der Waals surface area contributed by atoms with E-state index in [1.807, 2.05) is 0 Å². The van der Waals surface area contributed by atoms with E-state index in [1.165, 1.54) is 39.7 Å². The summed E-state index contributed by atoms with van der Waals surface area (Å²) in [7, 11) is 4.63. The van der Waals surface area contributed by atoms with E-state index < -0.39 is 8.80 Å². The third-order valence-corrected chi connectivity index (χ3v) is 8.22. The fourth-order valence-electron chi connectivity index (χ4n) is 2.21. The molecule has 1 aliphatic heterocycles. The minimum atomic E-state index is -2.53. The molecule has 1 fully saturated rings. The summed E-state index contributed by atoms with van der Waals surface area (Å²) < 4.78 is 26.2. The van der Waals surface area contributed by atoms with Gasteiger partial charge in [-0.25, -0.2) is 4.79 Å². The Balaban J connectivity index is 0.000000546. The first-order chi connectivity index (χ1) is 11.2. The Morgan fingerprint density at radius 2 is 1.79 bits per heavy atom. The second-order valence-electron chi connectivity index (χ2n) is 6.38. The average Bonchev–Trinajstić information content (AvgIpc) is 2.56. The minimum absolute atomic E-state index is 0.316. The number of hydrogen-bond acceptors (Lipinski definition) is 6. The highest BCUT2D eigenvalue weighted by Gasteiger charge is 2.36. The van der Waals surface area contributed by atoms with Crippen molar-refractivity contribution in [1.29, 1.82) is 0 Å². The maximum absolute atomic E-state index is 11.1. The van der Waals surface area contributed by atoms with Crippen LogP contribution in [-0.4, -0.2) is 74.6 Å². The van der Waals surface area contributed by atoms with Crippen molar-refractivity contribution in [1.82, 2.24) is 0 Å². The number of esters is 1. The molecule has 0 bridgehead atoms. The molecule has 0 aromatic carbocycles. The van der Waals surface area contributed by atoms with Crippen molar-refractivity contribution in [3.05, 3.63) is 12.2 Å². The molecule has 0 atom stereocenters. The van der Waals surface area contributed by atoms with Gasteiger partial charge in [0.05, 0.1) is 6.61 Å². The van der Waals surface area contributed by atoms with Gasteiger partial charge in [-0.1, -0.05) is 6.58 Å². The van der Waals surface area contributed by atoms with Gasteiger partial charge in [0.2, 0.25) is 0 Å². The van der Waals surface area contributed by atoms with Crippen molar-refractivity contribution in [3.8, 4) is 0 Å². The molecule has 1 rings (SSSR count). The van der Waals surface area contributed by atoms with Crippen LogP contribution in [-0.2, 0) is 27.5 Å². The van der Waals surface area contributed by atoms with Gasteiger partial charge in [0.15, 0.2) is 0 Å². The van der Waals surface area contributed by atoms with Gasteiger partial charge in [-0.15, -0.1) is 0 Å². The van der Waals surface area contributed by atoms with E-state index in [9.17, 15) is 4.79 Å². The predicted molar refractivity (Wildman–Crippen MR) is 104 cm³/mol. The smallest absolute Gasteiger partial charge is 0.462 e. The molecule has 0 aromatic rings. The maximum Gasteiger partial charge on any atom is 0.500 e. The SMILES string of the molecule is C=C(C)C(=O)OCCC[Si](OC)(OC)OC.[SiH3]C1([SiH3])CCCCO1. The molecule has 6 nitrogen and oxygen atoms in total. The van der Waals surface area contributed by atoms with Crippen LogP contribution in [0, 0.1) is 0 Å². The first kappa shape index (κ1) is 23.7.